The number of imide groups is 1. The van der Waals surface area contributed by atoms with Gasteiger partial charge in [0.25, 0.3) is 21.9 Å². The molecular weight excluding hydrogens is 596 g/mol. The zero-order valence-electron chi connectivity index (χ0n) is 27.5. The maximum Gasteiger partial charge on any atom is 0.312 e. The van der Waals surface area contributed by atoms with Gasteiger partial charge >= 0.3 is 6.03 Å². The summed E-state index contributed by atoms with van der Waals surface area (Å²) in [6.45, 7) is 14.4. The van der Waals surface area contributed by atoms with Gasteiger partial charge in [-0.2, -0.15) is 8.42 Å². The lowest BCUT2D eigenvalue weighted by Gasteiger charge is -2.27. The molecule has 1 unspecified atom stereocenters. The highest BCUT2D eigenvalue weighted by molar-refractivity contribution is 7.87. The van der Waals surface area contributed by atoms with Crippen molar-refractivity contribution >= 4 is 45.6 Å². The number of nitrogens with zero attached hydrogens (tertiary/aromatic N) is 1. The Hall–Kier alpha value is -3.37. The zero-order valence-corrected chi connectivity index (χ0v) is 28.3. The van der Waals surface area contributed by atoms with Gasteiger partial charge in [0.15, 0.2) is 11.0 Å². The van der Waals surface area contributed by atoms with Crippen LogP contribution in [-0.2, 0) is 34.1 Å². The predicted molar refractivity (Wildman–Crippen MR) is 169 cm³/mol. The SMILES string of the molecule is CC.CC(C)C(=O)[C@H](CCCNC(N)=O)NC(=O)C(NC(=O)[C@@H](CCN1C(=O)C=CC1=O)S(=O)(=O)O)C(C)C.CCC.CN. The van der Waals surface area contributed by atoms with E-state index in [1.807, 2.05) is 13.8 Å². The van der Waals surface area contributed by atoms with Crippen LogP contribution in [0.1, 0.15) is 81.1 Å². The number of ketones is 1. The van der Waals surface area contributed by atoms with Gasteiger partial charge in [-0.1, -0.05) is 61.8 Å². The first kappa shape index (κ1) is 45.1. The molecule has 16 heteroatoms. The van der Waals surface area contributed by atoms with E-state index in [4.69, 9.17) is 5.73 Å². The Morgan fingerprint density at radius 1 is 0.909 bits per heavy atom. The van der Waals surface area contributed by atoms with Crippen LogP contribution in [-0.4, -0.2) is 90.8 Å². The standard InChI is InChI=1S/C22H35N5O9S.C3H8.C2H6.CH5N/c1-12(2)18(21(32)25-14(19(30)13(3)4)6-5-10-24-22(23)33)26-20(31)15(37(34,35)36)9-11-27-16(28)7-8-17(27)29;1-3-2;2*1-2/h7-8,12-15,18H,5-6,9-11H2,1-4H3,(H,25,32)(H,26,31)(H3,23,24,33)(H,34,35,36);3H2,1-2H3;1-2H3;2H2,1H3/t14-,15+,18?;;;/m0.../s1. The normalized spacial score (nSPS) is 14.2. The van der Waals surface area contributed by atoms with Crippen LogP contribution in [0.5, 0.6) is 0 Å². The lowest BCUT2D eigenvalue weighted by atomic mass is 9.96. The van der Waals surface area contributed by atoms with Crippen molar-refractivity contribution in [3.63, 3.8) is 0 Å². The maximum absolute atomic E-state index is 13.0. The molecule has 0 saturated heterocycles. The first-order valence-electron chi connectivity index (χ1n) is 14.7. The first-order valence-corrected chi connectivity index (χ1v) is 16.2. The lowest BCUT2D eigenvalue weighted by Crippen LogP contribution is -2.56. The number of nitrogens with two attached hydrogens (primary N) is 2. The molecule has 0 aromatic heterocycles. The van der Waals surface area contributed by atoms with E-state index in [1.54, 1.807) is 27.7 Å². The summed E-state index contributed by atoms with van der Waals surface area (Å²) < 4.78 is 33.4. The van der Waals surface area contributed by atoms with E-state index in [0.717, 1.165) is 12.2 Å². The van der Waals surface area contributed by atoms with Gasteiger partial charge in [-0.15, -0.1) is 0 Å². The molecule has 1 heterocycles. The third kappa shape index (κ3) is 17.7. The summed E-state index contributed by atoms with van der Waals surface area (Å²) in [6.07, 6.45) is 3.11. The molecule has 15 nitrogen and oxygen atoms in total. The van der Waals surface area contributed by atoms with Crippen molar-refractivity contribution in [2.45, 2.75) is 98.4 Å². The molecule has 44 heavy (non-hydrogen) atoms. The fourth-order valence-electron chi connectivity index (χ4n) is 3.56. The van der Waals surface area contributed by atoms with Crippen molar-refractivity contribution in [1.82, 2.24) is 20.9 Å². The van der Waals surface area contributed by atoms with Crippen molar-refractivity contribution in [3.8, 4) is 0 Å². The second-order valence-electron chi connectivity index (χ2n) is 9.94. The lowest BCUT2D eigenvalue weighted by molar-refractivity contribution is -0.137. The van der Waals surface area contributed by atoms with Crippen LogP contribution >= 0.6 is 0 Å². The fourth-order valence-corrected chi connectivity index (χ4v) is 4.30. The minimum absolute atomic E-state index is 0.168. The Morgan fingerprint density at radius 2 is 1.39 bits per heavy atom. The van der Waals surface area contributed by atoms with Crippen LogP contribution in [0.15, 0.2) is 12.2 Å². The summed E-state index contributed by atoms with van der Waals surface area (Å²) in [7, 11) is -3.47. The molecule has 1 aliphatic rings. The molecule has 1 rings (SSSR count). The largest absolute Gasteiger partial charge is 0.352 e. The van der Waals surface area contributed by atoms with Crippen molar-refractivity contribution in [3.05, 3.63) is 12.2 Å². The summed E-state index contributed by atoms with van der Waals surface area (Å²) in [4.78, 5) is 73.5. The van der Waals surface area contributed by atoms with E-state index in [-0.39, 0.29) is 18.7 Å². The molecule has 256 valence electrons. The van der Waals surface area contributed by atoms with Crippen LogP contribution in [0.4, 0.5) is 4.79 Å². The molecule has 0 bridgehead atoms. The van der Waals surface area contributed by atoms with E-state index in [9.17, 15) is 41.7 Å². The van der Waals surface area contributed by atoms with Crippen molar-refractivity contribution < 1.29 is 41.7 Å². The average molecular weight is 651 g/mol. The number of carbonyl (C=O) groups is 6. The van der Waals surface area contributed by atoms with Crippen molar-refractivity contribution in [2.75, 3.05) is 20.1 Å². The van der Waals surface area contributed by atoms with Crippen LogP contribution in [0.25, 0.3) is 0 Å². The highest BCUT2D eigenvalue weighted by Gasteiger charge is 2.37. The van der Waals surface area contributed by atoms with E-state index in [2.05, 4.69) is 35.5 Å². The van der Waals surface area contributed by atoms with Gasteiger partial charge < -0.3 is 27.4 Å². The molecule has 6 amide bonds. The number of rotatable bonds is 15. The number of carbonyl (C=O) groups excluding carboxylic acids is 6. The minimum atomic E-state index is -4.97. The molecule has 0 aliphatic carbocycles. The third-order valence-electron chi connectivity index (χ3n) is 5.61. The summed E-state index contributed by atoms with van der Waals surface area (Å²) in [5.41, 5.74) is 9.52. The Kier molecular flexibility index (Phi) is 24.6. The second kappa shape index (κ2) is 24.0. The Balaban J connectivity index is -0.00000221. The van der Waals surface area contributed by atoms with Crippen molar-refractivity contribution in [1.29, 1.82) is 0 Å². The highest BCUT2D eigenvalue weighted by Crippen LogP contribution is 2.13. The van der Waals surface area contributed by atoms with Gasteiger partial charge in [-0.25, -0.2) is 4.79 Å². The fraction of sp³-hybridized carbons (Fsp3) is 0.714. The number of nitrogens with one attached hydrogen (secondary N) is 3. The summed E-state index contributed by atoms with van der Waals surface area (Å²) in [6, 6.07) is -2.96. The van der Waals surface area contributed by atoms with Gasteiger partial charge in [0.05, 0.1) is 6.04 Å². The summed E-state index contributed by atoms with van der Waals surface area (Å²) in [5.74, 6) is -4.62. The van der Waals surface area contributed by atoms with E-state index in [1.165, 1.54) is 13.5 Å². The van der Waals surface area contributed by atoms with Gasteiger partial charge in [0.1, 0.15) is 6.04 Å². The highest BCUT2D eigenvalue weighted by atomic mass is 32.2. The molecule has 0 aromatic carbocycles. The number of Topliss-reactive ketones (excluding diaryl/α,β-unsaturated/α-hetero) is 1. The van der Waals surface area contributed by atoms with Gasteiger partial charge in [-0.3, -0.25) is 33.4 Å². The molecule has 3 atom stereocenters. The quantitative estimate of drug-likeness (QED) is 0.0829. The molecule has 1 aliphatic heterocycles. The second-order valence-corrected chi connectivity index (χ2v) is 11.5. The molecular formula is C28H54N6O9S. The van der Waals surface area contributed by atoms with Crippen LogP contribution in [0.3, 0.4) is 0 Å². The maximum atomic E-state index is 13.0. The molecule has 0 spiro atoms. The smallest absolute Gasteiger partial charge is 0.312 e. The number of urea groups is 1. The van der Waals surface area contributed by atoms with E-state index < -0.39 is 81.9 Å². The minimum Gasteiger partial charge on any atom is -0.352 e. The molecule has 0 fully saturated rings. The number of hydrogen-bond donors (Lipinski definition) is 6. The Morgan fingerprint density at radius 3 is 1.77 bits per heavy atom. The Bertz CT molecular complexity index is 1040. The van der Waals surface area contributed by atoms with Crippen LogP contribution < -0.4 is 27.4 Å². The number of hydrogen-bond acceptors (Lipinski definition) is 9. The monoisotopic (exact) mass is 650 g/mol. The predicted octanol–water partition coefficient (Wildman–Crippen LogP) is 0.875. The number of primary amides is 1. The third-order valence-corrected chi connectivity index (χ3v) is 6.78. The Labute approximate surface area is 262 Å². The van der Waals surface area contributed by atoms with Gasteiger partial charge in [-0.05, 0) is 32.2 Å². The van der Waals surface area contributed by atoms with Gasteiger partial charge in [0, 0.05) is 31.2 Å². The first-order chi connectivity index (χ1) is 20.5. The molecule has 0 saturated carbocycles. The number of amides is 6. The summed E-state index contributed by atoms with van der Waals surface area (Å²) >= 11 is 0. The van der Waals surface area contributed by atoms with E-state index in [0.29, 0.717) is 11.3 Å². The van der Waals surface area contributed by atoms with Crippen LogP contribution in [0, 0.1) is 11.8 Å². The summed E-state index contributed by atoms with van der Waals surface area (Å²) in [5, 5.41) is 5.19. The van der Waals surface area contributed by atoms with Gasteiger partial charge in [0.2, 0.25) is 11.8 Å². The zero-order chi connectivity index (χ0) is 35.2. The van der Waals surface area contributed by atoms with Crippen molar-refractivity contribution in [2.24, 2.45) is 23.3 Å². The molecule has 8 N–H and O–H groups in total. The topological polar surface area (TPSA) is 248 Å². The molecule has 0 radical (unpaired) electrons. The molecule has 0 aromatic rings. The average Bonchev–Trinajstić information content (AvgIpc) is 3.26. The van der Waals surface area contributed by atoms with Crippen LogP contribution in [0.2, 0.25) is 0 Å². The van der Waals surface area contributed by atoms with E-state index >= 15 is 0 Å².